The molecule has 1 aliphatic heterocycles. The van der Waals surface area contributed by atoms with Crippen LogP contribution in [0.5, 0.6) is 5.75 Å². The maximum atomic E-state index is 13.0. The Morgan fingerprint density at radius 2 is 1.79 bits per heavy atom. The Morgan fingerprint density at radius 3 is 2.39 bits per heavy atom. The van der Waals surface area contributed by atoms with Gasteiger partial charge in [-0.2, -0.15) is 21.6 Å². The highest BCUT2D eigenvalue weighted by atomic mass is 32.3. The van der Waals surface area contributed by atoms with Crippen molar-refractivity contribution < 1.29 is 34.7 Å². The van der Waals surface area contributed by atoms with Crippen molar-refractivity contribution in [1.29, 1.82) is 0 Å². The topological polar surface area (TPSA) is 61.8 Å². The third kappa shape index (κ3) is 4.10. The first-order chi connectivity index (χ1) is 13.1. The molecule has 0 spiro atoms. The monoisotopic (exact) mass is 438 g/mol. The summed E-state index contributed by atoms with van der Waals surface area (Å²) < 4.78 is 78.0. The Balaban J connectivity index is 2.07. The Morgan fingerprint density at radius 1 is 1.11 bits per heavy atom. The van der Waals surface area contributed by atoms with Crippen molar-refractivity contribution in [3.63, 3.8) is 0 Å². The van der Waals surface area contributed by atoms with Crippen molar-refractivity contribution >= 4 is 31.2 Å². The standard InChI is InChI=1S/C18H21F3O5S2/c1-13(24-2)25-15-8-9-16-14(12-15)6-5-7-17(16)27(10-3-4-11-27)26-28(22,23)18(19,20)21/h5-9,12-13H,3-4,10-11H2,1-2H3. The van der Waals surface area contributed by atoms with E-state index in [1.165, 1.54) is 7.11 Å². The largest absolute Gasteiger partial charge is 0.523 e. The lowest BCUT2D eigenvalue weighted by Gasteiger charge is -2.35. The third-order valence-electron chi connectivity index (χ3n) is 4.55. The van der Waals surface area contributed by atoms with E-state index in [2.05, 4.69) is 0 Å². The summed E-state index contributed by atoms with van der Waals surface area (Å²) in [4.78, 5) is 0.515. The predicted octanol–water partition coefficient (Wildman–Crippen LogP) is 4.95. The maximum Gasteiger partial charge on any atom is 0.523 e. The van der Waals surface area contributed by atoms with E-state index in [1.54, 1.807) is 43.3 Å². The first-order valence-corrected chi connectivity index (χ1v) is 11.9. The Labute approximate surface area is 163 Å². The highest BCUT2D eigenvalue weighted by molar-refractivity contribution is 8.33. The molecule has 156 valence electrons. The van der Waals surface area contributed by atoms with Crippen LogP contribution in [0.25, 0.3) is 10.8 Å². The van der Waals surface area contributed by atoms with E-state index in [1.807, 2.05) is 0 Å². The van der Waals surface area contributed by atoms with Crippen molar-refractivity contribution in [2.45, 2.75) is 36.5 Å². The Kier molecular flexibility index (Phi) is 5.86. The summed E-state index contributed by atoms with van der Waals surface area (Å²) in [5.74, 6) is 1.10. The van der Waals surface area contributed by atoms with Crippen LogP contribution in [0.2, 0.25) is 0 Å². The molecule has 1 unspecified atom stereocenters. The second kappa shape index (κ2) is 7.74. The molecule has 10 heteroatoms. The lowest BCUT2D eigenvalue weighted by Crippen LogP contribution is -2.27. The number of hydrogen-bond acceptors (Lipinski definition) is 5. The second-order valence-electron chi connectivity index (χ2n) is 6.46. The van der Waals surface area contributed by atoms with E-state index in [0.717, 1.165) is 5.39 Å². The molecule has 1 saturated heterocycles. The molecule has 2 aromatic rings. The fourth-order valence-corrected chi connectivity index (χ4v) is 8.59. The number of halogens is 3. The van der Waals surface area contributed by atoms with Crippen molar-refractivity contribution in [1.82, 2.24) is 0 Å². The van der Waals surface area contributed by atoms with Gasteiger partial charge in [-0.3, -0.25) is 0 Å². The first kappa shape index (κ1) is 21.2. The molecule has 1 fully saturated rings. The molecule has 0 aromatic heterocycles. The van der Waals surface area contributed by atoms with E-state index in [-0.39, 0.29) is 11.5 Å². The number of alkyl halides is 3. The Bertz CT molecular complexity index is 953. The smallest absolute Gasteiger partial charge is 0.465 e. The molecule has 0 amide bonds. The van der Waals surface area contributed by atoms with Crippen LogP contribution in [-0.2, 0) is 18.5 Å². The van der Waals surface area contributed by atoms with Crippen LogP contribution in [0.15, 0.2) is 41.3 Å². The van der Waals surface area contributed by atoms with Crippen LogP contribution in [0.3, 0.4) is 0 Å². The van der Waals surface area contributed by atoms with Crippen LogP contribution < -0.4 is 4.74 Å². The third-order valence-corrected chi connectivity index (χ3v) is 9.93. The van der Waals surface area contributed by atoms with E-state index >= 15 is 0 Å². The van der Waals surface area contributed by atoms with Crippen molar-refractivity contribution in [2.24, 2.45) is 0 Å². The van der Waals surface area contributed by atoms with Crippen LogP contribution in [0, 0.1) is 0 Å². The molecule has 0 radical (unpaired) electrons. The highest BCUT2D eigenvalue weighted by Crippen LogP contribution is 2.65. The summed E-state index contributed by atoms with van der Waals surface area (Å²) in [5.41, 5.74) is -5.45. The van der Waals surface area contributed by atoms with Crippen LogP contribution in [0.1, 0.15) is 19.8 Å². The van der Waals surface area contributed by atoms with E-state index in [9.17, 15) is 21.6 Å². The zero-order valence-electron chi connectivity index (χ0n) is 15.4. The summed E-state index contributed by atoms with van der Waals surface area (Å²) in [6.07, 6.45) is 0.768. The molecule has 0 saturated carbocycles. The predicted molar refractivity (Wildman–Crippen MR) is 102 cm³/mol. The number of ether oxygens (including phenoxy) is 2. The van der Waals surface area contributed by atoms with Gasteiger partial charge in [0.2, 0.25) is 0 Å². The quantitative estimate of drug-likeness (QED) is 0.472. The minimum Gasteiger partial charge on any atom is -0.465 e. The van der Waals surface area contributed by atoms with Crippen LogP contribution in [-0.4, -0.2) is 38.8 Å². The van der Waals surface area contributed by atoms with Gasteiger partial charge in [0.25, 0.3) is 0 Å². The molecule has 1 aliphatic rings. The van der Waals surface area contributed by atoms with Gasteiger partial charge in [-0.05, 0) is 54.8 Å². The van der Waals surface area contributed by atoms with Gasteiger partial charge in [0.1, 0.15) is 5.75 Å². The van der Waals surface area contributed by atoms with E-state index < -0.39 is 32.2 Å². The van der Waals surface area contributed by atoms with Crippen molar-refractivity contribution in [3.8, 4) is 5.75 Å². The molecule has 0 aliphatic carbocycles. The number of benzene rings is 2. The minimum absolute atomic E-state index is 0.278. The first-order valence-electron chi connectivity index (χ1n) is 8.61. The average molecular weight is 438 g/mol. The van der Waals surface area contributed by atoms with Crippen molar-refractivity contribution in [2.75, 3.05) is 18.6 Å². The maximum absolute atomic E-state index is 13.0. The summed E-state index contributed by atoms with van der Waals surface area (Å²) in [6, 6.07) is 10.3. The minimum atomic E-state index is -5.69. The number of hydrogen-bond donors (Lipinski definition) is 0. The summed E-state index contributed by atoms with van der Waals surface area (Å²) >= 11 is 0. The zero-order chi connectivity index (χ0) is 20.6. The Hall–Kier alpha value is -1.49. The van der Waals surface area contributed by atoms with Gasteiger partial charge < -0.3 is 9.47 Å². The molecular formula is C18H21F3O5S2. The van der Waals surface area contributed by atoms with Crippen molar-refractivity contribution in [3.05, 3.63) is 36.4 Å². The molecule has 2 aromatic carbocycles. The molecule has 5 nitrogen and oxygen atoms in total. The number of methoxy groups -OCH3 is 1. The molecule has 1 atom stereocenters. The van der Waals surface area contributed by atoms with Crippen LogP contribution in [0.4, 0.5) is 13.2 Å². The van der Waals surface area contributed by atoms with Gasteiger partial charge in [0.15, 0.2) is 6.29 Å². The molecular weight excluding hydrogens is 417 g/mol. The second-order valence-corrected chi connectivity index (χ2v) is 11.3. The average Bonchev–Trinajstić information content (AvgIpc) is 3.08. The van der Waals surface area contributed by atoms with Crippen LogP contribution >= 0.6 is 10.3 Å². The van der Waals surface area contributed by atoms with Gasteiger partial charge in [-0.15, -0.1) is 0 Å². The lowest BCUT2D eigenvalue weighted by atomic mass is 10.1. The molecule has 3 rings (SSSR count). The fourth-order valence-electron chi connectivity index (χ4n) is 3.18. The molecule has 0 N–H and O–H groups in total. The SMILES string of the molecule is COC(C)Oc1ccc2c(S3(OS(=O)(=O)C(F)(F)F)CCCC3)cccc2c1. The summed E-state index contributed by atoms with van der Waals surface area (Å²) in [5, 5.41) is 1.39. The van der Waals surface area contributed by atoms with E-state index in [0.29, 0.717) is 28.9 Å². The van der Waals surface area contributed by atoms with Gasteiger partial charge in [-0.25, -0.2) is 3.63 Å². The van der Waals surface area contributed by atoms with Gasteiger partial charge in [0.05, 0.1) is 0 Å². The number of fused-ring (bicyclic) bond motifs is 1. The molecule has 28 heavy (non-hydrogen) atoms. The summed E-state index contributed by atoms with van der Waals surface area (Å²) in [7, 11) is -6.80. The normalized spacial score (nSPS) is 19.5. The summed E-state index contributed by atoms with van der Waals surface area (Å²) in [6.45, 7) is 1.73. The van der Waals surface area contributed by atoms with E-state index in [4.69, 9.17) is 13.1 Å². The molecule has 0 bridgehead atoms. The number of rotatable bonds is 6. The zero-order valence-corrected chi connectivity index (χ0v) is 17.0. The van der Waals surface area contributed by atoms with Gasteiger partial charge in [0, 0.05) is 23.5 Å². The fraction of sp³-hybridized carbons (Fsp3) is 0.444. The molecule has 1 heterocycles. The van der Waals surface area contributed by atoms with Gasteiger partial charge >= 0.3 is 15.6 Å². The highest BCUT2D eigenvalue weighted by Gasteiger charge is 2.52. The lowest BCUT2D eigenvalue weighted by molar-refractivity contribution is -0.0496. The van der Waals surface area contributed by atoms with Gasteiger partial charge in [-0.1, -0.05) is 22.4 Å².